The number of anilines is 1. The Hall–Kier alpha value is -3.45. The Morgan fingerprint density at radius 1 is 1.09 bits per heavy atom. The highest BCUT2D eigenvalue weighted by Crippen LogP contribution is 2.31. The molecule has 0 unspecified atom stereocenters. The molecule has 4 rings (SSSR count). The van der Waals surface area contributed by atoms with E-state index in [2.05, 4.69) is 15.6 Å². The van der Waals surface area contributed by atoms with E-state index in [-0.39, 0.29) is 18.4 Å². The minimum atomic E-state index is -0.705. The summed E-state index contributed by atoms with van der Waals surface area (Å²) in [6.07, 6.45) is 4.50. The van der Waals surface area contributed by atoms with Crippen molar-refractivity contribution in [2.24, 2.45) is 5.92 Å². The second-order valence-electron chi connectivity index (χ2n) is 8.71. The van der Waals surface area contributed by atoms with Crippen molar-refractivity contribution in [3.05, 3.63) is 71.6 Å². The minimum Gasteiger partial charge on any atom is -0.441 e. The summed E-state index contributed by atoms with van der Waals surface area (Å²) in [5.74, 6) is 1.25. The molecule has 1 heterocycles. The maximum absolute atomic E-state index is 12.7. The SMILES string of the molecule is CO[C@@H](C(=O)NCc1nc(-c2ccccc2NC(=O)CC2CCCC2)oc1C)c1ccccc1. The van der Waals surface area contributed by atoms with Crippen LogP contribution in [0.4, 0.5) is 5.69 Å². The molecule has 1 atom stereocenters. The van der Waals surface area contributed by atoms with Gasteiger partial charge in [-0.1, -0.05) is 55.3 Å². The molecule has 1 aliphatic rings. The second-order valence-corrected chi connectivity index (χ2v) is 8.71. The third-order valence-electron chi connectivity index (χ3n) is 6.28. The van der Waals surface area contributed by atoms with E-state index in [4.69, 9.17) is 9.15 Å². The predicted octanol–water partition coefficient (Wildman–Crippen LogP) is 5.17. The Labute approximate surface area is 199 Å². The van der Waals surface area contributed by atoms with Crippen molar-refractivity contribution >= 4 is 17.5 Å². The number of methoxy groups -OCH3 is 1. The maximum Gasteiger partial charge on any atom is 0.254 e. The van der Waals surface area contributed by atoms with Crippen LogP contribution in [0.15, 0.2) is 59.0 Å². The summed E-state index contributed by atoms with van der Waals surface area (Å²) < 4.78 is 11.3. The highest BCUT2D eigenvalue weighted by atomic mass is 16.5. The van der Waals surface area contributed by atoms with E-state index in [1.54, 1.807) is 0 Å². The lowest BCUT2D eigenvalue weighted by atomic mass is 10.0. The average molecular weight is 462 g/mol. The zero-order chi connectivity index (χ0) is 23.9. The summed E-state index contributed by atoms with van der Waals surface area (Å²) >= 11 is 0. The number of rotatable bonds is 9. The highest BCUT2D eigenvalue weighted by Gasteiger charge is 2.22. The van der Waals surface area contributed by atoms with Crippen LogP contribution < -0.4 is 10.6 Å². The second kappa shape index (κ2) is 11.1. The third kappa shape index (κ3) is 5.72. The number of nitrogens with one attached hydrogen (secondary N) is 2. The molecule has 1 saturated carbocycles. The van der Waals surface area contributed by atoms with Crippen LogP contribution in [-0.4, -0.2) is 23.9 Å². The lowest BCUT2D eigenvalue weighted by Gasteiger charge is -2.15. The third-order valence-corrected chi connectivity index (χ3v) is 6.28. The van der Waals surface area contributed by atoms with Crippen LogP contribution in [0.1, 0.15) is 55.2 Å². The zero-order valence-electron chi connectivity index (χ0n) is 19.7. The van der Waals surface area contributed by atoms with Crippen molar-refractivity contribution in [3.63, 3.8) is 0 Å². The summed E-state index contributed by atoms with van der Waals surface area (Å²) in [6, 6.07) is 16.8. The molecule has 0 saturated heterocycles. The van der Waals surface area contributed by atoms with Gasteiger partial charge < -0.3 is 19.8 Å². The zero-order valence-corrected chi connectivity index (χ0v) is 19.7. The lowest BCUT2D eigenvalue weighted by Crippen LogP contribution is -2.30. The van der Waals surface area contributed by atoms with E-state index in [0.717, 1.165) is 18.4 Å². The van der Waals surface area contributed by atoms with Crippen molar-refractivity contribution in [2.45, 2.75) is 51.7 Å². The topological polar surface area (TPSA) is 93.5 Å². The lowest BCUT2D eigenvalue weighted by molar-refractivity contribution is -0.131. The van der Waals surface area contributed by atoms with E-state index in [0.29, 0.717) is 40.9 Å². The maximum atomic E-state index is 12.7. The van der Waals surface area contributed by atoms with Gasteiger partial charge in [-0.05, 0) is 43.4 Å². The quantitative estimate of drug-likeness (QED) is 0.458. The first-order valence-corrected chi connectivity index (χ1v) is 11.8. The first kappa shape index (κ1) is 23.7. The fourth-order valence-electron chi connectivity index (χ4n) is 4.45. The number of hydrogen-bond acceptors (Lipinski definition) is 5. The Kier molecular flexibility index (Phi) is 7.75. The van der Waals surface area contributed by atoms with Gasteiger partial charge in [0.05, 0.1) is 17.8 Å². The van der Waals surface area contributed by atoms with Crippen molar-refractivity contribution in [1.82, 2.24) is 10.3 Å². The molecule has 1 aromatic heterocycles. The molecule has 3 aromatic rings. The molecular formula is C27H31N3O4. The molecule has 34 heavy (non-hydrogen) atoms. The van der Waals surface area contributed by atoms with E-state index < -0.39 is 6.10 Å². The van der Waals surface area contributed by atoms with Crippen LogP contribution in [0.25, 0.3) is 11.5 Å². The fourth-order valence-corrected chi connectivity index (χ4v) is 4.45. The number of amides is 2. The number of aromatic nitrogens is 1. The molecule has 178 valence electrons. The number of carbonyl (C=O) groups excluding carboxylic acids is 2. The van der Waals surface area contributed by atoms with Crippen molar-refractivity contribution in [1.29, 1.82) is 0 Å². The van der Waals surface area contributed by atoms with Crippen LogP contribution >= 0.6 is 0 Å². The smallest absolute Gasteiger partial charge is 0.254 e. The van der Waals surface area contributed by atoms with Gasteiger partial charge in [-0.15, -0.1) is 0 Å². The molecule has 1 fully saturated rings. The van der Waals surface area contributed by atoms with Crippen molar-refractivity contribution in [2.75, 3.05) is 12.4 Å². The Morgan fingerprint density at radius 3 is 2.53 bits per heavy atom. The van der Waals surface area contributed by atoms with Crippen LogP contribution in [0.3, 0.4) is 0 Å². The molecule has 0 spiro atoms. The summed E-state index contributed by atoms with van der Waals surface area (Å²) in [4.78, 5) is 29.9. The normalized spacial score (nSPS) is 14.6. The van der Waals surface area contributed by atoms with Gasteiger partial charge in [0.25, 0.3) is 5.91 Å². The number of carbonyl (C=O) groups is 2. The minimum absolute atomic E-state index is 0.0154. The summed E-state index contributed by atoms with van der Waals surface area (Å²) in [6.45, 7) is 2.02. The number of nitrogens with zero attached hydrogens (tertiary/aromatic N) is 1. The standard InChI is InChI=1S/C27H31N3O4/c1-18-23(17-28-26(32)25(33-2)20-12-4-3-5-13-20)30-27(34-18)21-14-8-9-15-22(21)29-24(31)16-19-10-6-7-11-19/h3-5,8-9,12-15,19,25H,6-7,10-11,16-17H2,1-2H3,(H,28,32)(H,29,31)/t25-/m1/s1. The largest absolute Gasteiger partial charge is 0.441 e. The summed E-state index contributed by atoms with van der Waals surface area (Å²) in [7, 11) is 1.51. The molecule has 2 N–H and O–H groups in total. The van der Waals surface area contributed by atoms with Gasteiger partial charge in [-0.3, -0.25) is 9.59 Å². The molecule has 1 aliphatic carbocycles. The van der Waals surface area contributed by atoms with Gasteiger partial charge in [0.1, 0.15) is 11.5 Å². The number of benzene rings is 2. The monoisotopic (exact) mass is 461 g/mol. The summed E-state index contributed by atoms with van der Waals surface area (Å²) in [5, 5.41) is 5.92. The van der Waals surface area contributed by atoms with E-state index in [1.165, 1.54) is 20.0 Å². The Balaban J connectivity index is 1.43. The van der Waals surface area contributed by atoms with Gasteiger partial charge in [-0.25, -0.2) is 4.98 Å². The van der Waals surface area contributed by atoms with Gasteiger partial charge in [0.2, 0.25) is 11.8 Å². The van der Waals surface area contributed by atoms with Crippen molar-refractivity contribution in [3.8, 4) is 11.5 Å². The average Bonchev–Trinajstić information content (AvgIpc) is 3.48. The number of hydrogen-bond donors (Lipinski definition) is 2. The van der Waals surface area contributed by atoms with Gasteiger partial charge in [0.15, 0.2) is 6.10 Å². The number of ether oxygens (including phenoxy) is 1. The van der Waals surface area contributed by atoms with Gasteiger partial charge in [-0.2, -0.15) is 0 Å². The summed E-state index contributed by atoms with van der Waals surface area (Å²) in [5.41, 5.74) is 2.79. The molecule has 0 radical (unpaired) electrons. The molecule has 7 heteroatoms. The van der Waals surface area contributed by atoms with E-state index >= 15 is 0 Å². The van der Waals surface area contributed by atoms with Crippen LogP contribution in [0.5, 0.6) is 0 Å². The number of para-hydroxylation sites is 1. The van der Waals surface area contributed by atoms with E-state index in [1.807, 2.05) is 61.5 Å². The fraction of sp³-hybridized carbons (Fsp3) is 0.370. The van der Waals surface area contributed by atoms with Crippen LogP contribution in [-0.2, 0) is 20.9 Å². The van der Waals surface area contributed by atoms with Crippen LogP contribution in [0, 0.1) is 12.8 Å². The Bertz CT molecular complexity index is 1120. The number of aryl methyl sites for hydroxylation is 1. The Morgan fingerprint density at radius 2 is 1.79 bits per heavy atom. The van der Waals surface area contributed by atoms with Gasteiger partial charge in [0, 0.05) is 13.5 Å². The molecule has 2 amide bonds. The molecular weight excluding hydrogens is 430 g/mol. The number of oxazole rings is 1. The first-order valence-electron chi connectivity index (χ1n) is 11.8. The molecule has 0 aliphatic heterocycles. The predicted molar refractivity (Wildman–Crippen MR) is 130 cm³/mol. The first-order chi connectivity index (χ1) is 16.5. The molecule has 7 nitrogen and oxygen atoms in total. The van der Waals surface area contributed by atoms with Crippen molar-refractivity contribution < 1.29 is 18.7 Å². The van der Waals surface area contributed by atoms with Gasteiger partial charge >= 0.3 is 0 Å². The highest BCUT2D eigenvalue weighted by molar-refractivity contribution is 5.94. The van der Waals surface area contributed by atoms with E-state index in [9.17, 15) is 9.59 Å². The molecule has 0 bridgehead atoms. The van der Waals surface area contributed by atoms with Crippen LogP contribution in [0.2, 0.25) is 0 Å². The molecule has 2 aromatic carbocycles.